The molecule has 0 bridgehead atoms. The van der Waals surface area contributed by atoms with Crippen LogP contribution in [0.2, 0.25) is 0 Å². The molecule has 21 nitrogen and oxygen atoms in total. The van der Waals surface area contributed by atoms with Crippen LogP contribution in [0.1, 0.15) is 161 Å². The number of hydrogen-bond acceptors (Lipinski definition) is 20. The number of carbonyl (C=O) groups excluding carboxylic acids is 2. The van der Waals surface area contributed by atoms with Crippen molar-refractivity contribution in [1.29, 1.82) is 0 Å². The number of aliphatic hydroxyl groups excluding tert-OH is 11. The molecule has 0 saturated carbocycles. The molecule has 3 heterocycles. The molecule has 71 heavy (non-hydrogen) atoms. The number of rotatable bonds is 39. The smallest absolute Gasteiger partial charge is 0.227 e. The predicted molar refractivity (Wildman–Crippen MR) is 258 cm³/mol. The normalized spacial score (nSPS) is 32.2. The molecule has 2 unspecified atom stereocenters. The van der Waals surface area contributed by atoms with Crippen molar-refractivity contribution in [2.24, 2.45) is 0 Å². The standard InChI is InChI=1S/C50H94N2O19/c1-3-4-25-34(33(57)24-20-17-15-13-11-9-7-5-6-8-10-12-14-16-19-23-32(56)28-38(58)52-27-22-18-21-26-51-2)66-50-47(71-49-45(65)43(63)40(60)36(30-54)68-49)46(41(61)37(31-55)69-50)70-48-44(64)42(62)39(59)35(29-53)67-48/h33-37,39-51,53-55,57,59-65H,3-31H2,1-2H3,(H,52,58)/t33?,34?,35-,36-,37-,39+,40+,41-,42+,43+,44-,45-,46+,47-,48+,49+,50-/m1/s1. The van der Waals surface area contributed by atoms with Gasteiger partial charge in [-0.25, -0.2) is 0 Å². The van der Waals surface area contributed by atoms with E-state index in [1.165, 1.54) is 32.1 Å². The zero-order valence-electron chi connectivity index (χ0n) is 42.5. The summed E-state index contributed by atoms with van der Waals surface area (Å²) < 4.78 is 35.7. The second kappa shape index (κ2) is 36.4. The van der Waals surface area contributed by atoms with Crippen LogP contribution in [0.15, 0.2) is 0 Å². The maximum atomic E-state index is 12.1. The van der Waals surface area contributed by atoms with Crippen LogP contribution in [-0.2, 0) is 38.0 Å². The average molecular weight is 1030 g/mol. The van der Waals surface area contributed by atoms with Crippen molar-refractivity contribution in [3.8, 4) is 0 Å². The van der Waals surface area contributed by atoms with Gasteiger partial charge >= 0.3 is 0 Å². The third kappa shape index (κ3) is 22.3. The Morgan fingerprint density at radius 3 is 1.44 bits per heavy atom. The second-order valence-corrected chi connectivity index (χ2v) is 19.8. The molecule has 3 aliphatic rings. The largest absolute Gasteiger partial charge is 0.394 e. The van der Waals surface area contributed by atoms with E-state index in [0.717, 1.165) is 90.0 Å². The lowest BCUT2D eigenvalue weighted by molar-refractivity contribution is -0.396. The molecular weight excluding hydrogens is 933 g/mol. The lowest BCUT2D eigenvalue weighted by atomic mass is 9.95. The lowest BCUT2D eigenvalue weighted by Gasteiger charge is -2.49. The van der Waals surface area contributed by atoms with E-state index >= 15 is 0 Å². The minimum atomic E-state index is -1.92. The molecule has 3 fully saturated rings. The Morgan fingerprint density at radius 1 is 0.507 bits per heavy atom. The van der Waals surface area contributed by atoms with Crippen molar-refractivity contribution in [3.05, 3.63) is 0 Å². The topological polar surface area (TPSA) is 336 Å². The van der Waals surface area contributed by atoms with Gasteiger partial charge in [0.1, 0.15) is 79.0 Å². The second-order valence-electron chi connectivity index (χ2n) is 19.8. The van der Waals surface area contributed by atoms with E-state index < -0.39 is 124 Å². The fourth-order valence-corrected chi connectivity index (χ4v) is 9.37. The van der Waals surface area contributed by atoms with E-state index in [1.54, 1.807) is 0 Å². The van der Waals surface area contributed by atoms with E-state index in [0.29, 0.717) is 38.6 Å². The van der Waals surface area contributed by atoms with Crippen LogP contribution < -0.4 is 10.6 Å². The minimum Gasteiger partial charge on any atom is -0.394 e. The number of aliphatic hydroxyl groups is 11. The molecule has 418 valence electrons. The third-order valence-corrected chi connectivity index (χ3v) is 13.9. The molecule has 3 saturated heterocycles. The van der Waals surface area contributed by atoms with Crippen LogP contribution in [-0.4, -0.2) is 212 Å². The van der Waals surface area contributed by atoms with Crippen LogP contribution in [0, 0.1) is 0 Å². The minimum absolute atomic E-state index is 0.0129. The molecule has 1 amide bonds. The Balaban J connectivity index is 1.43. The fraction of sp³-hybridized carbons (Fsp3) is 0.960. The summed E-state index contributed by atoms with van der Waals surface area (Å²) in [6.07, 6.45) is -5.72. The summed E-state index contributed by atoms with van der Waals surface area (Å²) in [5.41, 5.74) is 0. The number of ether oxygens (including phenoxy) is 6. The Labute approximate surface area is 420 Å². The first-order valence-corrected chi connectivity index (χ1v) is 26.9. The zero-order valence-corrected chi connectivity index (χ0v) is 42.5. The Bertz CT molecular complexity index is 1390. The first-order chi connectivity index (χ1) is 34.2. The van der Waals surface area contributed by atoms with Crippen LogP contribution in [0.25, 0.3) is 0 Å². The molecule has 17 atom stereocenters. The van der Waals surface area contributed by atoms with Crippen LogP contribution in [0.5, 0.6) is 0 Å². The van der Waals surface area contributed by atoms with E-state index in [1.807, 2.05) is 14.0 Å². The molecule has 0 aliphatic carbocycles. The number of Topliss-reactive ketones (excluding diaryl/α,β-unsaturated/α-hetero) is 1. The number of hydrogen-bond donors (Lipinski definition) is 13. The average Bonchev–Trinajstić information content (AvgIpc) is 3.36. The molecule has 0 radical (unpaired) electrons. The van der Waals surface area contributed by atoms with Gasteiger partial charge in [0.2, 0.25) is 5.91 Å². The van der Waals surface area contributed by atoms with Gasteiger partial charge in [0, 0.05) is 13.0 Å². The maximum absolute atomic E-state index is 12.1. The summed E-state index contributed by atoms with van der Waals surface area (Å²) in [5, 5.41) is 122. The molecule has 0 aromatic rings. The lowest BCUT2D eigenvalue weighted by Crippen LogP contribution is -2.67. The first kappa shape index (κ1) is 63.7. The third-order valence-electron chi connectivity index (χ3n) is 13.9. The maximum Gasteiger partial charge on any atom is 0.227 e. The molecule has 3 rings (SSSR count). The summed E-state index contributed by atoms with van der Waals surface area (Å²) in [6.45, 7) is 1.22. The van der Waals surface area contributed by atoms with Gasteiger partial charge in [0.15, 0.2) is 18.9 Å². The zero-order chi connectivity index (χ0) is 52.1. The molecule has 13 N–H and O–H groups in total. The summed E-state index contributed by atoms with van der Waals surface area (Å²) in [7, 11) is 1.92. The van der Waals surface area contributed by atoms with E-state index in [2.05, 4.69) is 10.6 Å². The van der Waals surface area contributed by atoms with Crippen molar-refractivity contribution in [1.82, 2.24) is 10.6 Å². The number of unbranched alkanes of at least 4 members (excludes halogenated alkanes) is 17. The van der Waals surface area contributed by atoms with Crippen LogP contribution >= 0.6 is 0 Å². The van der Waals surface area contributed by atoms with Gasteiger partial charge in [0.25, 0.3) is 0 Å². The highest BCUT2D eigenvalue weighted by atomic mass is 16.8. The number of ketones is 1. The Kier molecular flexibility index (Phi) is 32.7. The van der Waals surface area contributed by atoms with Gasteiger partial charge < -0.3 is 95.2 Å². The quantitative estimate of drug-likeness (QED) is 0.0294. The van der Waals surface area contributed by atoms with Crippen molar-refractivity contribution >= 4 is 11.7 Å². The van der Waals surface area contributed by atoms with Crippen molar-refractivity contribution in [2.75, 3.05) is 40.0 Å². The van der Waals surface area contributed by atoms with Crippen molar-refractivity contribution < 1.29 is 94.2 Å². The molecular formula is C50H94N2O19. The molecule has 21 heteroatoms. The van der Waals surface area contributed by atoms with Gasteiger partial charge in [-0.1, -0.05) is 116 Å². The number of carbonyl (C=O) groups is 2. The molecule has 0 aromatic heterocycles. The Morgan fingerprint density at radius 2 is 0.944 bits per heavy atom. The summed E-state index contributed by atoms with van der Waals surface area (Å²) >= 11 is 0. The summed E-state index contributed by atoms with van der Waals surface area (Å²) in [5.74, 6) is -0.143. The van der Waals surface area contributed by atoms with Crippen molar-refractivity contribution in [3.63, 3.8) is 0 Å². The van der Waals surface area contributed by atoms with Crippen molar-refractivity contribution in [2.45, 2.75) is 265 Å². The van der Waals surface area contributed by atoms with E-state index in [9.17, 15) is 65.8 Å². The van der Waals surface area contributed by atoms with Gasteiger partial charge in [-0.3, -0.25) is 9.59 Å². The highest BCUT2D eigenvalue weighted by Gasteiger charge is 2.55. The van der Waals surface area contributed by atoms with E-state index in [4.69, 9.17) is 28.4 Å². The first-order valence-electron chi connectivity index (χ1n) is 26.9. The number of amides is 1. The summed E-state index contributed by atoms with van der Waals surface area (Å²) in [4.78, 5) is 24.1. The predicted octanol–water partition coefficient (Wildman–Crippen LogP) is 0.468. The van der Waals surface area contributed by atoms with E-state index in [-0.39, 0.29) is 18.1 Å². The SMILES string of the molecule is CCCCC(O[C@@H]1O[C@H](CO)[C@@H](O)[C@H](O[C@@H]2O[C@H](CO)[C@H](O)[C@H](O)[C@H]2O)[C@H]1O[C@@H]1O[C@H](CO)[C@H](O)[C@H](O)[C@H]1O)C(O)CCCCCCCCCCCCCCCCCC(=O)CC(=O)NCCCCCNC. The fourth-order valence-electron chi connectivity index (χ4n) is 9.37. The molecule has 3 aliphatic heterocycles. The number of nitrogens with one attached hydrogen (secondary N) is 2. The monoisotopic (exact) mass is 1030 g/mol. The van der Waals surface area contributed by atoms with Gasteiger partial charge in [-0.2, -0.15) is 0 Å². The highest BCUT2D eigenvalue weighted by Crippen LogP contribution is 2.35. The molecule has 0 aromatic carbocycles. The highest BCUT2D eigenvalue weighted by molar-refractivity contribution is 5.97. The molecule has 0 spiro atoms. The van der Waals surface area contributed by atoms with Gasteiger partial charge in [0.05, 0.1) is 38.4 Å². The van der Waals surface area contributed by atoms with Gasteiger partial charge in [-0.05, 0) is 45.7 Å². The summed E-state index contributed by atoms with van der Waals surface area (Å²) in [6, 6.07) is 0. The van der Waals surface area contributed by atoms with Crippen LogP contribution in [0.4, 0.5) is 0 Å². The van der Waals surface area contributed by atoms with Gasteiger partial charge in [-0.15, -0.1) is 0 Å². The Hall–Kier alpha value is -1.58. The van der Waals surface area contributed by atoms with Crippen LogP contribution in [0.3, 0.4) is 0 Å².